The fourth-order valence-electron chi connectivity index (χ4n) is 3.54. The third-order valence-electron chi connectivity index (χ3n) is 4.50. The minimum Gasteiger partial charge on any atom is -0.306 e. The van der Waals surface area contributed by atoms with E-state index in [1.54, 1.807) is 0 Å². The Kier molecular flexibility index (Phi) is 4.18. The summed E-state index contributed by atoms with van der Waals surface area (Å²) in [5.41, 5.74) is 1.20. The summed E-state index contributed by atoms with van der Waals surface area (Å²) in [5, 5.41) is 4.63. The van der Waals surface area contributed by atoms with Crippen LogP contribution in [0.4, 0.5) is 0 Å². The molecular weight excluding hydrogens is 324 g/mol. The van der Waals surface area contributed by atoms with Crippen molar-refractivity contribution >= 4 is 27.5 Å². The molecule has 3 unspecified atom stereocenters. The van der Waals surface area contributed by atoms with Gasteiger partial charge in [0.15, 0.2) is 0 Å². The predicted octanol–water partition coefficient (Wildman–Crippen LogP) is 3.99. The lowest BCUT2D eigenvalue weighted by Gasteiger charge is -2.25. The van der Waals surface area contributed by atoms with Crippen LogP contribution in [0.25, 0.3) is 0 Å². The van der Waals surface area contributed by atoms with Crippen LogP contribution in [0.15, 0.2) is 22.7 Å². The lowest BCUT2D eigenvalue weighted by atomic mass is 10.0. The molecule has 4 heteroatoms. The van der Waals surface area contributed by atoms with Gasteiger partial charge in [-0.25, -0.2) is 0 Å². The Morgan fingerprint density at radius 3 is 3.00 bits per heavy atom. The van der Waals surface area contributed by atoms with Gasteiger partial charge >= 0.3 is 0 Å². The zero-order chi connectivity index (χ0) is 13.4. The van der Waals surface area contributed by atoms with Gasteiger partial charge < -0.3 is 5.32 Å². The molecule has 0 amide bonds. The molecule has 2 heterocycles. The summed E-state index contributed by atoms with van der Waals surface area (Å²) in [5.74, 6) is 0. The van der Waals surface area contributed by atoms with Crippen molar-refractivity contribution in [1.29, 1.82) is 0 Å². The second-order valence-corrected chi connectivity index (χ2v) is 7.02. The minimum atomic E-state index is 0.311. The van der Waals surface area contributed by atoms with Crippen LogP contribution in [0.2, 0.25) is 5.02 Å². The molecule has 2 aliphatic heterocycles. The third kappa shape index (κ3) is 2.85. The molecule has 1 N–H and O–H groups in total. The van der Waals surface area contributed by atoms with Gasteiger partial charge in [-0.1, -0.05) is 33.6 Å². The number of rotatable bonds is 3. The van der Waals surface area contributed by atoms with Crippen molar-refractivity contribution in [3.8, 4) is 0 Å². The van der Waals surface area contributed by atoms with Gasteiger partial charge in [-0.05, 0) is 50.4 Å². The van der Waals surface area contributed by atoms with Gasteiger partial charge in [-0.3, -0.25) is 4.90 Å². The van der Waals surface area contributed by atoms with Crippen LogP contribution < -0.4 is 5.32 Å². The summed E-state index contributed by atoms with van der Waals surface area (Å²) in [7, 11) is 0. The molecule has 0 bridgehead atoms. The Hall–Kier alpha value is -0.0900. The molecule has 0 radical (unpaired) electrons. The molecule has 1 aromatic rings. The molecular formula is C15H20BrClN2. The number of halogens is 2. The SMILES string of the molecule is CC(NC1CCN2CCCC12)c1ccc(Br)cc1Cl. The van der Waals surface area contributed by atoms with Crippen molar-refractivity contribution < 1.29 is 0 Å². The maximum atomic E-state index is 6.34. The van der Waals surface area contributed by atoms with Crippen LogP contribution in [0, 0.1) is 0 Å². The van der Waals surface area contributed by atoms with Crippen LogP contribution in [0.5, 0.6) is 0 Å². The average molecular weight is 344 g/mol. The van der Waals surface area contributed by atoms with E-state index < -0.39 is 0 Å². The second kappa shape index (κ2) is 5.72. The number of hydrogen-bond acceptors (Lipinski definition) is 2. The zero-order valence-electron chi connectivity index (χ0n) is 11.2. The lowest BCUT2D eigenvalue weighted by Crippen LogP contribution is -2.40. The molecule has 0 spiro atoms. The number of nitrogens with one attached hydrogen (secondary N) is 1. The largest absolute Gasteiger partial charge is 0.306 e. The Bertz CT molecular complexity index is 465. The van der Waals surface area contributed by atoms with Gasteiger partial charge in [0.2, 0.25) is 0 Å². The van der Waals surface area contributed by atoms with E-state index >= 15 is 0 Å². The van der Waals surface area contributed by atoms with E-state index in [9.17, 15) is 0 Å². The molecule has 2 fully saturated rings. The van der Waals surface area contributed by atoms with Crippen molar-refractivity contribution in [3.05, 3.63) is 33.3 Å². The van der Waals surface area contributed by atoms with Crippen LogP contribution in [0.1, 0.15) is 37.8 Å². The first-order valence-corrected chi connectivity index (χ1v) is 8.27. The third-order valence-corrected chi connectivity index (χ3v) is 5.32. The topological polar surface area (TPSA) is 15.3 Å². The molecule has 0 aliphatic carbocycles. The summed E-state index contributed by atoms with van der Waals surface area (Å²) in [6, 6.07) is 7.84. The van der Waals surface area contributed by atoms with Gasteiger partial charge in [0, 0.05) is 34.2 Å². The van der Waals surface area contributed by atoms with Crippen molar-refractivity contribution in [3.63, 3.8) is 0 Å². The van der Waals surface area contributed by atoms with Gasteiger partial charge in [0.1, 0.15) is 0 Å². The second-order valence-electron chi connectivity index (χ2n) is 5.69. The molecule has 104 valence electrons. The Morgan fingerprint density at radius 2 is 2.21 bits per heavy atom. The van der Waals surface area contributed by atoms with E-state index in [2.05, 4.69) is 45.2 Å². The summed E-state index contributed by atoms with van der Waals surface area (Å²) >= 11 is 9.80. The van der Waals surface area contributed by atoms with Crippen LogP contribution >= 0.6 is 27.5 Å². The summed E-state index contributed by atoms with van der Waals surface area (Å²) < 4.78 is 1.04. The van der Waals surface area contributed by atoms with E-state index in [0.717, 1.165) is 15.5 Å². The number of benzene rings is 1. The molecule has 1 aromatic carbocycles. The van der Waals surface area contributed by atoms with Crippen molar-refractivity contribution in [1.82, 2.24) is 10.2 Å². The van der Waals surface area contributed by atoms with Crippen LogP contribution in [0.3, 0.4) is 0 Å². The number of fused-ring (bicyclic) bond motifs is 1. The zero-order valence-corrected chi connectivity index (χ0v) is 13.5. The summed E-state index contributed by atoms with van der Waals surface area (Å²) in [4.78, 5) is 2.63. The van der Waals surface area contributed by atoms with E-state index in [1.165, 1.54) is 37.9 Å². The first kappa shape index (κ1) is 13.9. The number of hydrogen-bond donors (Lipinski definition) is 1. The highest BCUT2D eigenvalue weighted by Gasteiger charge is 2.37. The first-order chi connectivity index (χ1) is 9.15. The number of nitrogens with zero attached hydrogens (tertiary/aromatic N) is 1. The van der Waals surface area contributed by atoms with Gasteiger partial charge in [0.05, 0.1) is 0 Å². The highest BCUT2D eigenvalue weighted by atomic mass is 79.9. The highest BCUT2D eigenvalue weighted by Crippen LogP contribution is 2.31. The van der Waals surface area contributed by atoms with Crippen molar-refractivity contribution in [2.45, 2.75) is 44.3 Å². The van der Waals surface area contributed by atoms with Crippen LogP contribution in [-0.4, -0.2) is 30.1 Å². The van der Waals surface area contributed by atoms with Gasteiger partial charge in [-0.15, -0.1) is 0 Å². The van der Waals surface area contributed by atoms with Crippen molar-refractivity contribution in [2.75, 3.05) is 13.1 Å². The summed E-state index contributed by atoms with van der Waals surface area (Å²) in [6.45, 7) is 4.76. The molecule has 2 nitrogen and oxygen atoms in total. The van der Waals surface area contributed by atoms with Gasteiger partial charge in [0.25, 0.3) is 0 Å². The standard InChI is InChI=1S/C15H20BrClN2/c1-10(12-5-4-11(16)9-13(12)17)18-14-6-8-19-7-2-3-15(14)19/h4-5,9-10,14-15,18H,2-3,6-8H2,1H3. The smallest absolute Gasteiger partial charge is 0.0464 e. The van der Waals surface area contributed by atoms with E-state index in [1.807, 2.05) is 6.07 Å². The average Bonchev–Trinajstić information content (AvgIpc) is 2.94. The van der Waals surface area contributed by atoms with Crippen molar-refractivity contribution in [2.24, 2.45) is 0 Å². The highest BCUT2D eigenvalue weighted by molar-refractivity contribution is 9.10. The maximum absolute atomic E-state index is 6.34. The Morgan fingerprint density at radius 1 is 1.37 bits per heavy atom. The molecule has 3 rings (SSSR count). The maximum Gasteiger partial charge on any atom is 0.0464 e. The fourth-order valence-corrected chi connectivity index (χ4v) is 4.38. The first-order valence-electron chi connectivity index (χ1n) is 7.10. The predicted molar refractivity (Wildman–Crippen MR) is 83.7 cm³/mol. The molecule has 0 saturated carbocycles. The monoisotopic (exact) mass is 342 g/mol. The van der Waals surface area contributed by atoms with Crippen LogP contribution in [-0.2, 0) is 0 Å². The Balaban J connectivity index is 1.69. The van der Waals surface area contributed by atoms with E-state index in [-0.39, 0.29) is 0 Å². The molecule has 0 aromatic heterocycles. The normalized spacial score (nSPS) is 28.6. The Labute approximate surface area is 128 Å². The quantitative estimate of drug-likeness (QED) is 0.892. The molecule has 19 heavy (non-hydrogen) atoms. The van der Waals surface area contributed by atoms with Gasteiger partial charge in [-0.2, -0.15) is 0 Å². The molecule has 2 aliphatic rings. The lowest BCUT2D eigenvalue weighted by molar-refractivity contribution is 0.291. The minimum absolute atomic E-state index is 0.311. The van der Waals surface area contributed by atoms with E-state index in [0.29, 0.717) is 12.1 Å². The summed E-state index contributed by atoms with van der Waals surface area (Å²) in [6.07, 6.45) is 3.97. The van der Waals surface area contributed by atoms with E-state index in [4.69, 9.17) is 11.6 Å². The fraction of sp³-hybridized carbons (Fsp3) is 0.600. The molecule has 3 atom stereocenters. The molecule has 2 saturated heterocycles.